The Balaban J connectivity index is 1.42. The lowest BCUT2D eigenvalue weighted by atomic mass is 9.56. The topological polar surface area (TPSA) is 42.0 Å². The van der Waals surface area contributed by atoms with Gasteiger partial charge in [0.2, 0.25) is 5.91 Å². The minimum Gasteiger partial charge on any atom is -0.497 e. The van der Waals surface area contributed by atoms with Crippen LogP contribution in [0.5, 0.6) is 5.75 Å². The van der Waals surface area contributed by atoms with Gasteiger partial charge in [-0.15, -0.1) is 0 Å². The first-order chi connectivity index (χ1) is 17.8. The third-order valence-electron chi connectivity index (χ3n) is 9.03. The maximum Gasteiger partial charge on any atom is 0.226 e. The van der Waals surface area contributed by atoms with Gasteiger partial charge in [0.05, 0.1) is 29.7 Å². The maximum absolute atomic E-state index is 13.5. The number of fused-ring (bicyclic) bond motifs is 1. The number of carbonyl (C=O) groups is 1. The summed E-state index contributed by atoms with van der Waals surface area (Å²) in [5, 5.41) is 0.977. The first-order valence-corrected chi connectivity index (χ1v) is 14.2. The molecule has 4 atom stereocenters. The van der Waals surface area contributed by atoms with Crippen molar-refractivity contribution in [1.29, 1.82) is 0 Å². The summed E-state index contributed by atoms with van der Waals surface area (Å²) in [6.07, 6.45) is 5.93. The Morgan fingerprint density at radius 2 is 1.95 bits per heavy atom. The van der Waals surface area contributed by atoms with E-state index in [1.54, 1.807) is 19.2 Å². The highest BCUT2D eigenvalue weighted by atomic mass is 35.5. The lowest BCUT2D eigenvalue weighted by Gasteiger charge is -2.56. The number of carbonyl (C=O) groups excluding carboxylic acids is 1. The highest BCUT2D eigenvalue weighted by Gasteiger charge is 2.53. The molecule has 1 amide bonds. The lowest BCUT2D eigenvalue weighted by molar-refractivity contribution is -0.137. The number of hydrogen-bond donors (Lipinski definition) is 0. The molecule has 0 N–H and O–H groups in total. The predicted molar refractivity (Wildman–Crippen MR) is 149 cm³/mol. The minimum absolute atomic E-state index is 0.0731. The zero-order valence-corrected chi connectivity index (χ0v) is 23.6. The Bertz CT molecular complexity index is 1120. The van der Waals surface area contributed by atoms with Crippen LogP contribution in [0.15, 0.2) is 42.5 Å². The summed E-state index contributed by atoms with van der Waals surface area (Å²) in [4.78, 5) is 18.1. The molecule has 0 spiro atoms. The van der Waals surface area contributed by atoms with Gasteiger partial charge < -0.3 is 19.3 Å². The van der Waals surface area contributed by atoms with E-state index in [4.69, 9.17) is 32.7 Å². The van der Waals surface area contributed by atoms with E-state index >= 15 is 0 Å². The molecule has 37 heavy (non-hydrogen) atoms. The molecule has 0 aromatic heterocycles. The van der Waals surface area contributed by atoms with E-state index in [2.05, 4.69) is 23.1 Å². The van der Waals surface area contributed by atoms with Crippen LogP contribution in [-0.4, -0.2) is 68.8 Å². The number of rotatable bonds is 8. The van der Waals surface area contributed by atoms with Crippen molar-refractivity contribution >= 4 is 29.1 Å². The van der Waals surface area contributed by atoms with Gasteiger partial charge in [-0.3, -0.25) is 4.79 Å². The maximum atomic E-state index is 13.5. The van der Waals surface area contributed by atoms with E-state index in [1.807, 2.05) is 31.2 Å². The number of halogens is 2. The molecule has 0 radical (unpaired) electrons. The van der Waals surface area contributed by atoms with Crippen LogP contribution in [0.25, 0.3) is 0 Å². The summed E-state index contributed by atoms with van der Waals surface area (Å²) in [6.45, 7) is 3.32. The van der Waals surface area contributed by atoms with E-state index in [9.17, 15) is 4.79 Å². The monoisotopic (exact) mass is 544 g/mol. The molecule has 5 rings (SSSR count). The number of likely N-dealkylation sites (tertiary alicyclic amines) is 1. The van der Waals surface area contributed by atoms with E-state index < -0.39 is 0 Å². The Hall–Kier alpha value is -1.79. The molecular formula is C30H38Cl2N2O3. The summed E-state index contributed by atoms with van der Waals surface area (Å²) in [7, 11) is 5.50. The van der Waals surface area contributed by atoms with Crippen LogP contribution in [0.3, 0.4) is 0 Å². The third kappa shape index (κ3) is 5.66. The van der Waals surface area contributed by atoms with E-state index in [-0.39, 0.29) is 23.5 Å². The van der Waals surface area contributed by atoms with Crippen molar-refractivity contribution in [3.8, 4) is 5.75 Å². The van der Waals surface area contributed by atoms with Gasteiger partial charge in [0.25, 0.3) is 0 Å². The quantitative estimate of drug-likeness (QED) is 0.418. The van der Waals surface area contributed by atoms with Gasteiger partial charge in [-0.2, -0.15) is 0 Å². The highest BCUT2D eigenvalue weighted by Crippen LogP contribution is 2.51. The molecule has 1 heterocycles. The normalized spacial score (nSPS) is 28.0. The fraction of sp³-hybridized carbons (Fsp3) is 0.567. The molecule has 2 aliphatic carbocycles. The van der Waals surface area contributed by atoms with Crippen LogP contribution in [0.4, 0.5) is 0 Å². The van der Waals surface area contributed by atoms with Crippen molar-refractivity contribution in [2.75, 3.05) is 40.9 Å². The molecule has 2 aromatic carbocycles. The second-order valence-corrected chi connectivity index (χ2v) is 12.1. The van der Waals surface area contributed by atoms with Crippen molar-refractivity contribution in [3.05, 3.63) is 63.6 Å². The van der Waals surface area contributed by atoms with Gasteiger partial charge >= 0.3 is 0 Å². The molecule has 1 unspecified atom stereocenters. The molecule has 3 fully saturated rings. The van der Waals surface area contributed by atoms with Crippen LogP contribution in [0.2, 0.25) is 10.0 Å². The van der Waals surface area contributed by atoms with Crippen LogP contribution < -0.4 is 4.74 Å². The second kappa shape index (κ2) is 11.1. The molecule has 1 saturated heterocycles. The fourth-order valence-corrected chi connectivity index (χ4v) is 7.02. The van der Waals surface area contributed by atoms with E-state index in [0.717, 1.165) is 49.6 Å². The lowest BCUT2D eigenvalue weighted by Crippen LogP contribution is -2.61. The molecule has 200 valence electrons. The predicted octanol–water partition coefficient (Wildman–Crippen LogP) is 5.85. The van der Waals surface area contributed by atoms with Gasteiger partial charge in [0.1, 0.15) is 5.75 Å². The molecule has 3 aliphatic rings. The van der Waals surface area contributed by atoms with Gasteiger partial charge in [-0.1, -0.05) is 41.4 Å². The van der Waals surface area contributed by atoms with Crippen LogP contribution >= 0.6 is 23.2 Å². The minimum atomic E-state index is -0.0731. The number of hydrogen-bond acceptors (Lipinski definition) is 4. The van der Waals surface area contributed by atoms with Gasteiger partial charge in [-0.05, 0) is 80.0 Å². The average molecular weight is 546 g/mol. The molecule has 0 bridgehead atoms. The second-order valence-electron chi connectivity index (χ2n) is 11.2. The first-order valence-electron chi connectivity index (χ1n) is 13.4. The molecule has 2 saturated carbocycles. The van der Waals surface area contributed by atoms with Crippen molar-refractivity contribution in [2.45, 2.75) is 56.1 Å². The number of piperidine rings is 1. The van der Waals surface area contributed by atoms with Crippen molar-refractivity contribution in [1.82, 2.24) is 9.80 Å². The SMILES string of the molecule is COc1cccc([C@@]23CCN(CC4CC4)C[C@H]2C(OC)C[C@@H](N(C)C(=O)Cc2ccc(Cl)c(Cl)c2)C3)c1. The standard InChI is InChI=1S/C30H38Cl2N2O3/c1-33(29(35)14-21-9-10-26(31)27(32)13-21)23-16-28(37-3)25-19-34(18-20-7-8-20)12-11-30(25,17-23)22-5-4-6-24(15-22)36-2/h4-6,9-10,13,15,20,23,25,28H,7-8,11-12,14,16-19H2,1-3H3/t23-,25+,28?,30+/m1/s1. The Kier molecular flexibility index (Phi) is 8.07. The van der Waals surface area contributed by atoms with Crippen LogP contribution in [0.1, 0.15) is 43.2 Å². The largest absolute Gasteiger partial charge is 0.497 e. The molecule has 1 aliphatic heterocycles. The van der Waals surface area contributed by atoms with Gasteiger partial charge in [0, 0.05) is 44.6 Å². The summed E-state index contributed by atoms with van der Waals surface area (Å²) in [5.41, 5.74) is 2.11. The zero-order valence-electron chi connectivity index (χ0n) is 22.1. The Morgan fingerprint density at radius 3 is 2.65 bits per heavy atom. The summed E-state index contributed by atoms with van der Waals surface area (Å²) in [5.74, 6) is 2.20. The first kappa shape index (κ1) is 26.8. The molecule has 5 nitrogen and oxygen atoms in total. The molecular weight excluding hydrogens is 507 g/mol. The third-order valence-corrected chi connectivity index (χ3v) is 9.77. The number of nitrogens with zero attached hydrogens (tertiary/aromatic N) is 2. The van der Waals surface area contributed by atoms with Crippen LogP contribution in [0, 0.1) is 11.8 Å². The van der Waals surface area contributed by atoms with Crippen molar-refractivity contribution in [2.24, 2.45) is 11.8 Å². The smallest absolute Gasteiger partial charge is 0.226 e. The van der Waals surface area contributed by atoms with E-state index in [0.29, 0.717) is 22.4 Å². The average Bonchev–Trinajstić information content (AvgIpc) is 3.73. The molecule has 2 aromatic rings. The Labute approximate surface area is 231 Å². The number of amides is 1. The van der Waals surface area contributed by atoms with Gasteiger partial charge in [-0.25, -0.2) is 0 Å². The summed E-state index contributed by atoms with van der Waals surface area (Å²) < 4.78 is 11.8. The van der Waals surface area contributed by atoms with Crippen LogP contribution in [-0.2, 0) is 21.4 Å². The molecule has 7 heteroatoms. The zero-order chi connectivity index (χ0) is 26.2. The fourth-order valence-electron chi connectivity index (χ4n) is 6.70. The van der Waals surface area contributed by atoms with Crippen molar-refractivity contribution < 1.29 is 14.3 Å². The van der Waals surface area contributed by atoms with Gasteiger partial charge in [0.15, 0.2) is 0 Å². The number of ether oxygens (including phenoxy) is 2. The number of benzene rings is 2. The number of likely N-dealkylation sites (N-methyl/N-ethyl adjacent to an activating group) is 1. The summed E-state index contributed by atoms with van der Waals surface area (Å²) in [6, 6.07) is 14.1. The number of methoxy groups -OCH3 is 2. The Morgan fingerprint density at radius 1 is 1.14 bits per heavy atom. The summed E-state index contributed by atoms with van der Waals surface area (Å²) >= 11 is 12.3. The highest BCUT2D eigenvalue weighted by molar-refractivity contribution is 6.42. The van der Waals surface area contributed by atoms with Crippen molar-refractivity contribution in [3.63, 3.8) is 0 Å². The van der Waals surface area contributed by atoms with E-state index in [1.165, 1.54) is 24.9 Å².